The minimum absolute atomic E-state index is 0. The summed E-state index contributed by atoms with van der Waals surface area (Å²) >= 11 is 0. The Balaban J connectivity index is 0.000000345. The van der Waals surface area contributed by atoms with Gasteiger partial charge in [-0.05, 0) is 34.9 Å². The summed E-state index contributed by atoms with van der Waals surface area (Å²) < 4.78 is 0. The zero-order valence-corrected chi connectivity index (χ0v) is 76.9. The van der Waals surface area contributed by atoms with Crippen molar-refractivity contribution in [2.45, 2.75) is 37.4 Å². The van der Waals surface area contributed by atoms with Gasteiger partial charge < -0.3 is 139 Å². The van der Waals surface area contributed by atoms with Crippen molar-refractivity contribution in [1.29, 1.82) is 0 Å². The molecular weight excluding hydrogens is 1830 g/mol. The number of nitrogens with two attached hydrogens (primary N) is 3. The maximum Gasteiger partial charge on any atom is 3.00 e. The first-order chi connectivity index (χ1) is 61.5. The molecule has 50 heteroatoms. The standard InChI is InChI=1S/3C27H38N8O8.2Ga/c3*28-27(43)21(11-18-12-29-20-4-2-1-3-19(18)20)32-23(37)14-30-22(36)13-31-24(38)15-33-5-7-34(16-25(39)40)9-10-35(8-6-33)17-26(41)42;;/h3*1-4,12,21,29H,5-11,13-17H2,(H2,28,43)(H,30,36)(H,31,38)(H,32,37)(H,39,40)(H,41,42);;/q;;;2*+3/p-6/t3*21-;;/m000../s1. The Morgan fingerprint density at radius 2 is 0.427 bits per heavy atom. The van der Waals surface area contributed by atoms with Crippen molar-refractivity contribution in [3.05, 3.63) is 108 Å². The molecule has 12 amide bonds. The number of carbonyl (C=O) groups is 18. The van der Waals surface area contributed by atoms with Crippen molar-refractivity contribution < 1.29 is 117 Å². The number of aliphatic carboxylic acids is 6. The van der Waals surface area contributed by atoms with Crippen LogP contribution in [0.25, 0.3) is 32.7 Å². The minimum Gasteiger partial charge on any atom is -0.549 e. The molecule has 3 aliphatic heterocycles. The average Bonchev–Trinajstić information content (AvgIpc) is 1.70. The van der Waals surface area contributed by atoms with Crippen LogP contribution in [0.1, 0.15) is 16.7 Å². The number of aromatic nitrogens is 3. The van der Waals surface area contributed by atoms with Gasteiger partial charge in [-0.3, -0.25) is 102 Å². The number of benzene rings is 3. The van der Waals surface area contributed by atoms with E-state index < -0.39 is 164 Å². The number of rotatable bonds is 42. The first-order valence-corrected chi connectivity index (χ1v) is 41.2. The molecule has 0 spiro atoms. The van der Waals surface area contributed by atoms with Crippen LogP contribution < -0.4 is 95.7 Å². The van der Waals surface area contributed by atoms with E-state index in [1.54, 1.807) is 62.7 Å². The molecule has 3 aliphatic rings. The van der Waals surface area contributed by atoms with Gasteiger partial charge in [0, 0.05) is 228 Å². The Morgan fingerprint density at radius 3 is 0.611 bits per heavy atom. The number of amides is 12. The number of carboxylic acid groups (broad SMARTS) is 6. The molecular formula is C81H108Ga2N24O24. The summed E-state index contributed by atoms with van der Waals surface area (Å²) in [6.45, 7) is 0.652. The fraction of sp³-hybridized carbons (Fsp3) is 0.481. The molecule has 3 saturated heterocycles. The third-order valence-electron chi connectivity index (χ3n) is 20.8. The number of hydrogen-bond donors (Lipinski definition) is 15. The van der Waals surface area contributed by atoms with E-state index in [0.29, 0.717) is 118 Å². The van der Waals surface area contributed by atoms with Crippen LogP contribution in [-0.4, -0.2) is 439 Å². The molecule has 3 aromatic carbocycles. The van der Waals surface area contributed by atoms with Crippen molar-refractivity contribution in [3.63, 3.8) is 0 Å². The van der Waals surface area contributed by atoms with Crippen LogP contribution in [0.2, 0.25) is 0 Å². The van der Waals surface area contributed by atoms with E-state index in [0.717, 1.165) is 49.4 Å². The van der Waals surface area contributed by atoms with Gasteiger partial charge in [0.2, 0.25) is 70.9 Å². The van der Waals surface area contributed by atoms with E-state index >= 15 is 0 Å². The second kappa shape index (κ2) is 57.0. The maximum absolute atomic E-state index is 12.5. The number of hydrogen-bond acceptors (Lipinski definition) is 33. The Hall–Kier alpha value is -12.3. The number of para-hydroxylation sites is 3. The first-order valence-electron chi connectivity index (χ1n) is 41.2. The van der Waals surface area contributed by atoms with Crippen LogP contribution in [0.5, 0.6) is 0 Å². The molecule has 131 heavy (non-hydrogen) atoms. The van der Waals surface area contributed by atoms with Gasteiger partial charge in [-0.25, -0.2) is 0 Å². The van der Waals surface area contributed by atoms with E-state index in [2.05, 4.69) is 62.8 Å². The zero-order chi connectivity index (χ0) is 94.1. The largest absolute Gasteiger partial charge is 3.00 e. The Morgan fingerprint density at radius 1 is 0.260 bits per heavy atom. The molecule has 6 aromatic rings. The topological polar surface area (TPSA) is 708 Å². The van der Waals surface area contributed by atoms with E-state index in [4.69, 9.17) is 17.2 Å². The van der Waals surface area contributed by atoms with Crippen LogP contribution in [0.3, 0.4) is 0 Å². The van der Waals surface area contributed by atoms with Crippen molar-refractivity contribution in [2.75, 3.05) is 216 Å². The van der Waals surface area contributed by atoms with Crippen LogP contribution in [-0.2, 0) is 106 Å². The first kappa shape index (κ1) is 109. The van der Waals surface area contributed by atoms with Gasteiger partial charge in [-0.2, -0.15) is 0 Å². The van der Waals surface area contributed by atoms with Crippen molar-refractivity contribution in [2.24, 2.45) is 17.2 Å². The van der Waals surface area contributed by atoms with Crippen LogP contribution in [0, 0.1) is 0 Å². The number of nitrogens with zero attached hydrogens (tertiary/aromatic N) is 9. The number of aromatic amines is 3. The summed E-state index contributed by atoms with van der Waals surface area (Å²) in [5.74, 6) is -15.1. The molecule has 3 aromatic heterocycles. The number of nitrogens with one attached hydrogen (secondary N) is 12. The molecule has 0 radical (unpaired) electrons. The molecule has 0 aliphatic carbocycles. The predicted molar refractivity (Wildman–Crippen MR) is 457 cm³/mol. The van der Waals surface area contributed by atoms with Gasteiger partial charge in [0.25, 0.3) is 0 Å². The van der Waals surface area contributed by atoms with Crippen LogP contribution >= 0.6 is 0 Å². The summed E-state index contributed by atoms with van der Waals surface area (Å²) in [5.41, 5.74) is 21.4. The summed E-state index contributed by atoms with van der Waals surface area (Å²) in [6.07, 6.45) is 5.67. The summed E-state index contributed by atoms with van der Waals surface area (Å²) in [4.78, 5) is 238. The quantitative estimate of drug-likeness (QED) is 0.0158. The molecule has 9 rings (SSSR count). The van der Waals surface area contributed by atoms with E-state index in [1.165, 1.54) is 0 Å². The molecule has 3 atom stereocenters. The molecule has 6 heterocycles. The normalized spacial score (nSPS) is 15.7. The number of primary amides is 3. The van der Waals surface area contributed by atoms with Crippen molar-refractivity contribution in [3.8, 4) is 0 Å². The Kier molecular flexibility index (Phi) is 47.5. The van der Waals surface area contributed by atoms with Crippen LogP contribution in [0.15, 0.2) is 91.4 Å². The number of H-pyrrole nitrogens is 3. The number of fused-ring (bicyclic) bond motifs is 3. The maximum atomic E-state index is 12.5. The van der Waals surface area contributed by atoms with E-state index in [1.807, 2.05) is 72.8 Å². The fourth-order valence-electron chi connectivity index (χ4n) is 14.1. The number of carbonyl (C=O) groups excluding carboxylic acids is 18. The molecule has 702 valence electrons. The smallest absolute Gasteiger partial charge is 0.549 e. The van der Waals surface area contributed by atoms with E-state index in [-0.39, 0.29) is 118 Å². The molecule has 48 nitrogen and oxygen atoms in total. The molecule has 0 saturated carbocycles. The van der Waals surface area contributed by atoms with Gasteiger partial charge in [0.05, 0.1) is 94.7 Å². The monoisotopic (exact) mass is 1940 g/mol. The zero-order valence-electron chi connectivity index (χ0n) is 72.1. The van der Waals surface area contributed by atoms with Gasteiger partial charge in [-0.15, -0.1) is 0 Å². The molecule has 18 N–H and O–H groups in total. The fourth-order valence-corrected chi connectivity index (χ4v) is 14.1. The molecule has 3 fully saturated rings. The second-order valence-corrected chi connectivity index (χ2v) is 30.6. The molecule has 0 unspecified atom stereocenters. The second-order valence-electron chi connectivity index (χ2n) is 30.6. The SMILES string of the molecule is NC(=O)[C@H](Cc1c[nH]c2ccccc12)NC(=O)CNC(=O)CNC(=O)CN1CCN(CC(=O)[O-])CCN(CC(=O)[O-])CC1.NC(=O)[C@H](Cc1c[nH]c2ccccc12)NC(=O)CNC(=O)CNC(=O)CN1CCN(CC(=O)[O-])CCN(CC(=O)[O-])CC1.NC(=O)[C@H](Cc1c[nH]c2ccccc12)NC(=O)CNC(=O)CNC(=O)CN1CCN(CC(=O)[O-])CCN(CC(=O)[O-])CC1.[Ga+3].[Ga+3]. The van der Waals surface area contributed by atoms with Gasteiger partial charge >= 0.3 is 39.6 Å². The third kappa shape index (κ3) is 41.5. The summed E-state index contributed by atoms with van der Waals surface area (Å²) in [5, 5.41) is 91.2. The number of carboxylic acids is 6. The molecule has 0 bridgehead atoms. The Bertz CT molecular complexity index is 4350. The minimum atomic E-state index is -1.27. The average molecular weight is 1940 g/mol. The van der Waals surface area contributed by atoms with Crippen LogP contribution in [0.4, 0.5) is 0 Å². The van der Waals surface area contributed by atoms with Gasteiger partial charge in [0.1, 0.15) is 18.1 Å². The van der Waals surface area contributed by atoms with Crippen molar-refractivity contribution in [1.82, 2.24) is 107 Å². The summed E-state index contributed by atoms with van der Waals surface area (Å²) in [6, 6.07) is 19.4. The van der Waals surface area contributed by atoms with Gasteiger partial charge in [-0.1, -0.05) is 54.6 Å². The third-order valence-corrected chi connectivity index (χ3v) is 20.8. The Labute approximate surface area is 777 Å². The van der Waals surface area contributed by atoms with Gasteiger partial charge in [0.15, 0.2) is 0 Å². The van der Waals surface area contributed by atoms with Crippen molar-refractivity contribution >= 4 is 179 Å². The summed E-state index contributed by atoms with van der Waals surface area (Å²) in [7, 11) is 0. The van der Waals surface area contributed by atoms with E-state index in [9.17, 15) is 117 Å². The predicted octanol–water partition coefficient (Wildman–Crippen LogP) is -17.8.